The van der Waals surface area contributed by atoms with E-state index in [-0.39, 0.29) is 0 Å². The first-order valence-corrected chi connectivity index (χ1v) is 21.6. The molecule has 0 saturated heterocycles. The van der Waals surface area contributed by atoms with Gasteiger partial charge in [-0.15, -0.1) is 11.3 Å². The standard InChI is InChI=1S/C58H38N2S/c1-2-12-39(13-3-1)41-24-30-46(31-25-41)59(47-32-26-42(27-33-47)45-23-22-40-14-4-5-15-44(40)36-45)48-34-28-43(29-35-48)53-37-49(38-54-52-18-8-11-21-57(52)61-58(53)54)60-55-19-9-6-16-50(55)51-17-7-10-20-56(51)60/h1-38H. The number of hydrogen-bond acceptors (Lipinski definition) is 2. The van der Waals surface area contributed by atoms with Crippen LogP contribution in [0, 0.1) is 0 Å². The minimum absolute atomic E-state index is 1.10. The minimum atomic E-state index is 1.10. The third-order valence-corrected chi connectivity index (χ3v) is 13.4. The fourth-order valence-electron chi connectivity index (χ4n) is 9.20. The maximum Gasteiger partial charge on any atom is 0.0541 e. The first-order valence-electron chi connectivity index (χ1n) is 20.8. The average Bonchev–Trinajstić information content (AvgIpc) is 3.88. The number of thiophene rings is 1. The summed E-state index contributed by atoms with van der Waals surface area (Å²) in [6, 6.07) is 84.1. The van der Waals surface area contributed by atoms with E-state index in [0.29, 0.717) is 0 Å². The molecule has 0 aliphatic rings. The maximum atomic E-state index is 2.44. The van der Waals surface area contributed by atoms with Gasteiger partial charge >= 0.3 is 0 Å². The molecule has 3 heteroatoms. The van der Waals surface area contributed by atoms with Crippen molar-refractivity contribution in [1.82, 2.24) is 4.57 Å². The third kappa shape index (κ3) is 6.09. The van der Waals surface area contributed by atoms with Crippen molar-refractivity contribution < 1.29 is 0 Å². The SMILES string of the molecule is c1ccc(-c2ccc(N(c3ccc(-c4ccc5ccccc5c4)cc3)c3ccc(-c4cc(-n5c6ccccc6c6ccccc65)cc5c4sc4ccccc45)cc3)cc2)cc1. The van der Waals surface area contributed by atoms with Crippen LogP contribution in [0.1, 0.15) is 0 Å². The van der Waals surface area contributed by atoms with Gasteiger partial charge in [0.15, 0.2) is 0 Å². The van der Waals surface area contributed by atoms with Crippen LogP contribution in [0.15, 0.2) is 231 Å². The second-order valence-corrected chi connectivity index (χ2v) is 16.8. The van der Waals surface area contributed by atoms with Gasteiger partial charge in [-0.05, 0) is 111 Å². The molecule has 0 fully saturated rings. The van der Waals surface area contributed by atoms with E-state index in [9.17, 15) is 0 Å². The normalized spacial score (nSPS) is 11.6. The smallest absolute Gasteiger partial charge is 0.0541 e. The Labute approximate surface area is 358 Å². The van der Waals surface area contributed by atoms with Gasteiger partial charge in [0.25, 0.3) is 0 Å². The van der Waals surface area contributed by atoms with Gasteiger partial charge in [0.1, 0.15) is 0 Å². The molecule has 2 aromatic heterocycles. The lowest BCUT2D eigenvalue weighted by Gasteiger charge is -2.26. The Balaban J connectivity index is 0.989. The van der Waals surface area contributed by atoms with Crippen LogP contribution in [0.5, 0.6) is 0 Å². The Morgan fingerprint density at radius 1 is 0.328 bits per heavy atom. The van der Waals surface area contributed by atoms with E-state index in [1.165, 1.54) is 91.8 Å². The predicted octanol–water partition coefficient (Wildman–Crippen LogP) is 16.8. The second-order valence-electron chi connectivity index (χ2n) is 15.7. The highest BCUT2D eigenvalue weighted by Gasteiger charge is 2.19. The first kappa shape index (κ1) is 35.2. The maximum absolute atomic E-state index is 2.44. The Hall–Kier alpha value is -7.72. The zero-order chi connectivity index (χ0) is 40.3. The van der Waals surface area contributed by atoms with E-state index in [2.05, 4.69) is 240 Å². The number of nitrogens with zero attached hydrogens (tertiary/aromatic N) is 2. The summed E-state index contributed by atoms with van der Waals surface area (Å²) in [7, 11) is 0. The molecule has 0 amide bonds. The molecule has 2 nitrogen and oxygen atoms in total. The Bertz CT molecular complexity index is 3510. The summed E-state index contributed by atoms with van der Waals surface area (Å²) in [4.78, 5) is 2.37. The van der Waals surface area contributed by atoms with Crippen LogP contribution in [0.4, 0.5) is 17.1 Å². The van der Waals surface area contributed by atoms with Crippen LogP contribution in [0.3, 0.4) is 0 Å². The Morgan fingerprint density at radius 3 is 1.48 bits per heavy atom. The fraction of sp³-hybridized carbons (Fsp3) is 0. The Morgan fingerprint density at radius 2 is 0.820 bits per heavy atom. The van der Waals surface area contributed by atoms with Crippen LogP contribution in [-0.2, 0) is 0 Å². The zero-order valence-corrected chi connectivity index (χ0v) is 34.1. The number of anilines is 3. The van der Waals surface area contributed by atoms with E-state index in [0.717, 1.165) is 17.1 Å². The molecule has 0 aliphatic carbocycles. The topological polar surface area (TPSA) is 8.17 Å². The van der Waals surface area contributed by atoms with Gasteiger partial charge < -0.3 is 9.47 Å². The van der Waals surface area contributed by atoms with Gasteiger partial charge in [-0.2, -0.15) is 0 Å². The lowest BCUT2D eigenvalue weighted by Crippen LogP contribution is -2.09. The molecule has 0 unspecified atom stereocenters. The van der Waals surface area contributed by atoms with Crippen LogP contribution in [-0.4, -0.2) is 4.57 Å². The van der Waals surface area contributed by atoms with Gasteiger partial charge in [-0.3, -0.25) is 0 Å². The van der Waals surface area contributed by atoms with Crippen molar-refractivity contribution in [3.8, 4) is 39.1 Å². The molecule has 0 bridgehead atoms. The minimum Gasteiger partial charge on any atom is -0.311 e. The molecule has 286 valence electrons. The monoisotopic (exact) mass is 794 g/mol. The summed E-state index contributed by atoms with van der Waals surface area (Å²) < 4.78 is 5.04. The van der Waals surface area contributed by atoms with Crippen LogP contribution >= 0.6 is 11.3 Å². The lowest BCUT2D eigenvalue weighted by atomic mass is 10.00. The number of para-hydroxylation sites is 2. The van der Waals surface area contributed by atoms with Crippen LogP contribution in [0.2, 0.25) is 0 Å². The number of fused-ring (bicyclic) bond motifs is 7. The highest BCUT2D eigenvalue weighted by Crippen LogP contribution is 2.44. The first-order chi connectivity index (χ1) is 30.2. The van der Waals surface area contributed by atoms with Crippen molar-refractivity contribution in [1.29, 1.82) is 0 Å². The highest BCUT2D eigenvalue weighted by molar-refractivity contribution is 7.26. The van der Waals surface area contributed by atoms with Crippen molar-refractivity contribution in [2.45, 2.75) is 0 Å². The lowest BCUT2D eigenvalue weighted by molar-refractivity contribution is 1.19. The molecule has 0 atom stereocenters. The summed E-state index contributed by atoms with van der Waals surface area (Å²) in [5.41, 5.74) is 14.1. The van der Waals surface area contributed by atoms with Crippen LogP contribution in [0.25, 0.3) is 91.8 Å². The molecule has 12 rings (SSSR count). The van der Waals surface area contributed by atoms with Crippen molar-refractivity contribution in [2.24, 2.45) is 0 Å². The Kier molecular flexibility index (Phi) is 8.39. The van der Waals surface area contributed by atoms with Crippen molar-refractivity contribution in [2.75, 3.05) is 4.90 Å². The molecule has 12 aromatic rings. The van der Waals surface area contributed by atoms with Gasteiger partial charge in [-0.1, -0.05) is 158 Å². The van der Waals surface area contributed by atoms with Crippen molar-refractivity contribution in [3.63, 3.8) is 0 Å². The number of rotatable bonds is 7. The van der Waals surface area contributed by atoms with Crippen LogP contribution < -0.4 is 4.90 Å². The van der Waals surface area contributed by atoms with Gasteiger partial charge in [-0.25, -0.2) is 0 Å². The predicted molar refractivity (Wildman–Crippen MR) is 262 cm³/mol. The van der Waals surface area contributed by atoms with E-state index in [1.807, 2.05) is 11.3 Å². The zero-order valence-electron chi connectivity index (χ0n) is 33.2. The molecule has 0 spiro atoms. The number of benzene rings is 10. The summed E-state index contributed by atoms with van der Waals surface area (Å²) in [6.45, 7) is 0. The van der Waals surface area contributed by atoms with E-state index in [1.54, 1.807) is 0 Å². The second kappa shape index (κ2) is 14.5. The van der Waals surface area contributed by atoms with E-state index >= 15 is 0 Å². The van der Waals surface area contributed by atoms with Gasteiger partial charge in [0.05, 0.1) is 11.0 Å². The van der Waals surface area contributed by atoms with E-state index in [4.69, 9.17) is 0 Å². The third-order valence-electron chi connectivity index (χ3n) is 12.2. The summed E-state index contributed by atoms with van der Waals surface area (Å²) in [5, 5.41) is 7.61. The quantitative estimate of drug-likeness (QED) is 0.156. The van der Waals surface area contributed by atoms with Crippen molar-refractivity contribution >= 4 is 81.1 Å². The molecule has 10 aromatic carbocycles. The molecule has 0 N–H and O–H groups in total. The number of hydrogen-bond donors (Lipinski definition) is 0. The fourth-order valence-corrected chi connectivity index (χ4v) is 10.4. The van der Waals surface area contributed by atoms with Crippen molar-refractivity contribution in [3.05, 3.63) is 231 Å². The summed E-state index contributed by atoms with van der Waals surface area (Å²) in [5.74, 6) is 0. The summed E-state index contributed by atoms with van der Waals surface area (Å²) >= 11 is 1.88. The molecule has 0 saturated carbocycles. The highest BCUT2D eigenvalue weighted by atomic mass is 32.1. The molecular formula is C58H38N2S. The molecule has 0 radical (unpaired) electrons. The number of aromatic nitrogens is 1. The summed E-state index contributed by atoms with van der Waals surface area (Å²) in [6.07, 6.45) is 0. The molecule has 0 aliphatic heterocycles. The molecular weight excluding hydrogens is 757 g/mol. The molecule has 2 heterocycles. The van der Waals surface area contributed by atoms with Gasteiger partial charge in [0, 0.05) is 59.3 Å². The molecule has 61 heavy (non-hydrogen) atoms. The average molecular weight is 795 g/mol. The largest absolute Gasteiger partial charge is 0.311 e. The van der Waals surface area contributed by atoms with E-state index < -0.39 is 0 Å². The van der Waals surface area contributed by atoms with Gasteiger partial charge in [0.2, 0.25) is 0 Å².